The summed E-state index contributed by atoms with van der Waals surface area (Å²) in [5, 5.41) is 0. The second kappa shape index (κ2) is 4.97. The Balaban J connectivity index is 3.10. The Hall–Kier alpha value is -1.57. The highest BCUT2D eigenvalue weighted by Gasteiger charge is 2.07. The molecule has 0 aliphatic rings. The molecule has 0 N–H and O–H groups in total. The molecule has 1 aromatic rings. The van der Waals surface area contributed by atoms with Gasteiger partial charge in [-0.3, -0.25) is 0 Å². The number of rotatable bonds is 3. The van der Waals surface area contributed by atoms with Crippen molar-refractivity contribution in [2.45, 2.75) is 13.8 Å². The van der Waals surface area contributed by atoms with E-state index in [1.807, 2.05) is 45.1 Å². The van der Waals surface area contributed by atoms with Crippen LogP contribution in [0.4, 0.5) is 4.39 Å². The van der Waals surface area contributed by atoms with Gasteiger partial charge in [-0.05, 0) is 37.1 Å². The quantitative estimate of drug-likeness (QED) is 0.702. The van der Waals surface area contributed by atoms with Crippen LogP contribution in [-0.2, 0) is 0 Å². The average molecular weight is 219 g/mol. The number of benzene rings is 1. The van der Waals surface area contributed by atoms with E-state index >= 15 is 0 Å². The first-order chi connectivity index (χ1) is 7.41. The van der Waals surface area contributed by atoms with E-state index in [0.29, 0.717) is 5.56 Å². The van der Waals surface area contributed by atoms with E-state index in [1.54, 1.807) is 6.07 Å². The first kappa shape index (κ1) is 12.5. The van der Waals surface area contributed by atoms with Crippen LogP contribution in [0.25, 0.3) is 5.57 Å². The summed E-state index contributed by atoms with van der Waals surface area (Å²) in [6, 6.07) is 5.07. The van der Waals surface area contributed by atoms with Crippen molar-refractivity contribution < 1.29 is 4.39 Å². The van der Waals surface area contributed by atoms with Crippen molar-refractivity contribution in [3.05, 3.63) is 53.5 Å². The van der Waals surface area contributed by atoms with Crippen molar-refractivity contribution in [1.29, 1.82) is 0 Å². The fourth-order valence-corrected chi connectivity index (χ4v) is 1.55. The van der Waals surface area contributed by atoms with Gasteiger partial charge >= 0.3 is 0 Å². The Morgan fingerprint density at radius 1 is 1.38 bits per heavy atom. The molecule has 2 heteroatoms. The summed E-state index contributed by atoms with van der Waals surface area (Å²) in [7, 11) is 3.87. The molecule has 0 amide bonds. The maximum absolute atomic E-state index is 13.6. The maximum Gasteiger partial charge on any atom is 0.131 e. The van der Waals surface area contributed by atoms with Gasteiger partial charge in [0.1, 0.15) is 5.82 Å². The topological polar surface area (TPSA) is 3.24 Å². The highest BCUT2D eigenvalue weighted by atomic mass is 19.1. The molecule has 0 saturated heterocycles. The van der Waals surface area contributed by atoms with Crippen LogP contribution in [0, 0.1) is 12.7 Å². The standard InChI is InChI=1S/C14H18FN/c1-10-6-7-14(15)13(8-10)12(3)11(2)9-16(4)5/h6-9H,3H2,1-2,4-5H3/b11-9-. The highest BCUT2D eigenvalue weighted by molar-refractivity contribution is 5.77. The van der Waals surface area contributed by atoms with Crippen molar-refractivity contribution in [3.8, 4) is 0 Å². The van der Waals surface area contributed by atoms with Crippen LogP contribution in [0.5, 0.6) is 0 Å². The van der Waals surface area contributed by atoms with Gasteiger partial charge in [0, 0.05) is 25.9 Å². The normalized spacial score (nSPS) is 11.4. The van der Waals surface area contributed by atoms with Crippen molar-refractivity contribution in [3.63, 3.8) is 0 Å². The van der Waals surface area contributed by atoms with Gasteiger partial charge in [0.15, 0.2) is 0 Å². The zero-order chi connectivity index (χ0) is 12.3. The van der Waals surface area contributed by atoms with E-state index in [4.69, 9.17) is 0 Å². The summed E-state index contributed by atoms with van der Waals surface area (Å²) in [6.45, 7) is 7.83. The van der Waals surface area contributed by atoms with Crippen molar-refractivity contribution in [2.24, 2.45) is 0 Å². The monoisotopic (exact) mass is 219 g/mol. The predicted octanol–water partition coefficient (Wildman–Crippen LogP) is 3.61. The summed E-state index contributed by atoms with van der Waals surface area (Å²) < 4.78 is 13.6. The predicted molar refractivity (Wildman–Crippen MR) is 67.6 cm³/mol. The molecule has 0 bridgehead atoms. The van der Waals surface area contributed by atoms with Gasteiger partial charge in [0.25, 0.3) is 0 Å². The molecule has 0 heterocycles. The molecule has 1 rings (SSSR count). The lowest BCUT2D eigenvalue weighted by molar-refractivity contribution is 0.560. The molecule has 1 aromatic carbocycles. The number of nitrogens with zero attached hydrogens (tertiary/aromatic N) is 1. The molecule has 0 atom stereocenters. The van der Waals surface area contributed by atoms with Crippen LogP contribution in [0.15, 0.2) is 36.6 Å². The van der Waals surface area contributed by atoms with E-state index in [9.17, 15) is 4.39 Å². The molecule has 0 aliphatic carbocycles. The summed E-state index contributed by atoms with van der Waals surface area (Å²) in [6.07, 6.45) is 1.93. The minimum absolute atomic E-state index is 0.220. The second-order valence-electron chi connectivity index (χ2n) is 4.24. The summed E-state index contributed by atoms with van der Waals surface area (Å²) in [5.41, 5.74) is 3.32. The molecule has 0 aromatic heterocycles. The Labute approximate surface area is 96.9 Å². The van der Waals surface area contributed by atoms with Gasteiger partial charge in [-0.15, -0.1) is 0 Å². The van der Waals surface area contributed by atoms with Crippen LogP contribution in [0.1, 0.15) is 18.1 Å². The number of allylic oxidation sites excluding steroid dienone is 2. The van der Waals surface area contributed by atoms with Crippen LogP contribution >= 0.6 is 0 Å². The van der Waals surface area contributed by atoms with Crippen molar-refractivity contribution >= 4 is 5.57 Å². The Kier molecular flexibility index (Phi) is 3.88. The maximum atomic E-state index is 13.6. The lowest BCUT2D eigenvalue weighted by Crippen LogP contribution is -2.03. The third-order valence-corrected chi connectivity index (χ3v) is 2.37. The minimum Gasteiger partial charge on any atom is -0.383 e. The Morgan fingerprint density at radius 2 is 2.00 bits per heavy atom. The van der Waals surface area contributed by atoms with Gasteiger partial charge < -0.3 is 4.90 Å². The third kappa shape index (κ3) is 2.96. The van der Waals surface area contributed by atoms with Gasteiger partial charge in [0.05, 0.1) is 0 Å². The smallest absolute Gasteiger partial charge is 0.131 e. The van der Waals surface area contributed by atoms with Gasteiger partial charge in [-0.1, -0.05) is 18.2 Å². The number of hydrogen-bond acceptors (Lipinski definition) is 1. The average Bonchev–Trinajstić information content (AvgIpc) is 2.19. The lowest BCUT2D eigenvalue weighted by atomic mass is 9.99. The highest BCUT2D eigenvalue weighted by Crippen LogP contribution is 2.24. The molecular weight excluding hydrogens is 201 g/mol. The first-order valence-corrected chi connectivity index (χ1v) is 5.22. The molecule has 16 heavy (non-hydrogen) atoms. The first-order valence-electron chi connectivity index (χ1n) is 5.22. The number of hydrogen-bond donors (Lipinski definition) is 0. The Morgan fingerprint density at radius 3 is 2.56 bits per heavy atom. The Bertz CT molecular complexity index is 430. The third-order valence-electron chi connectivity index (χ3n) is 2.37. The lowest BCUT2D eigenvalue weighted by Gasteiger charge is -2.12. The molecular formula is C14H18FN. The van der Waals surface area contributed by atoms with Crippen molar-refractivity contribution in [2.75, 3.05) is 14.1 Å². The van der Waals surface area contributed by atoms with E-state index in [1.165, 1.54) is 6.07 Å². The van der Waals surface area contributed by atoms with E-state index < -0.39 is 0 Å². The molecule has 0 fully saturated rings. The molecule has 0 aliphatic heterocycles. The molecule has 0 unspecified atom stereocenters. The van der Waals surface area contributed by atoms with E-state index in [2.05, 4.69) is 6.58 Å². The molecule has 86 valence electrons. The van der Waals surface area contributed by atoms with Crippen LogP contribution in [0.2, 0.25) is 0 Å². The van der Waals surface area contributed by atoms with Crippen LogP contribution in [-0.4, -0.2) is 19.0 Å². The largest absolute Gasteiger partial charge is 0.383 e. The second-order valence-corrected chi connectivity index (χ2v) is 4.24. The molecule has 0 spiro atoms. The van der Waals surface area contributed by atoms with Gasteiger partial charge in [-0.25, -0.2) is 4.39 Å². The molecule has 0 saturated carbocycles. The SMILES string of the molecule is C=C(/C(C)=C\N(C)C)c1cc(C)ccc1F. The van der Waals surface area contributed by atoms with Gasteiger partial charge in [0.2, 0.25) is 0 Å². The summed E-state index contributed by atoms with van der Waals surface area (Å²) >= 11 is 0. The zero-order valence-electron chi connectivity index (χ0n) is 10.3. The van der Waals surface area contributed by atoms with E-state index in [0.717, 1.165) is 16.7 Å². The zero-order valence-corrected chi connectivity index (χ0v) is 10.3. The van der Waals surface area contributed by atoms with Gasteiger partial charge in [-0.2, -0.15) is 0 Å². The number of halogens is 1. The summed E-state index contributed by atoms with van der Waals surface area (Å²) in [5.74, 6) is -0.220. The fourth-order valence-electron chi connectivity index (χ4n) is 1.55. The van der Waals surface area contributed by atoms with E-state index in [-0.39, 0.29) is 5.82 Å². The van der Waals surface area contributed by atoms with Crippen molar-refractivity contribution in [1.82, 2.24) is 4.90 Å². The van der Waals surface area contributed by atoms with Crippen LogP contribution in [0.3, 0.4) is 0 Å². The van der Waals surface area contributed by atoms with Crippen LogP contribution < -0.4 is 0 Å². The number of aryl methyl sites for hydroxylation is 1. The summed E-state index contributed by atoms with van der Waals surface area (Å²) in [4.78, 5) is 1.92. The molecule has 0 radical (unpaired) electrons. The minimum atomic E-state index is -0.220. The molecule has 1 nitrogen and oxygen atoms in total. The fraction of sp³-hybridized carbons (Fsp3) is 0.286.